The van der Waals surface area contributed by atoms with E-state index >= 15 is 0 Å². The normalized spacial score (nSPS) is 9.57. The van der Waals surface area contributed by atoms with Crippen LogP contribution >= 0.6 is 0 Å². The molecule has 1 aromatic rings. The monoisotopic (exact) mass is 192 g/mol. The fraction of sp³-hybridized carbons (Fsp3) is 0.273. The van der Waals surface area contributed by atoms with Gasteiger partial charge in [0.05, 0.1) is 18.2 Å². The smallest absolute Gasteiger partial charge is 0.153 e. The van der Waals surface area contributed by atoms with Gasteiger partial charge in [-0.1, -0.05) is 6.92 Å². The van der Waals surface area contributed by atoms with Crippen LogP contribution in [0.15, 0.2) is 12.1 Å². The van der Waals surface area contributed by atoms with E-state index in [1.54, 1.807) is 12.1 Å². The standard InChI is InChI=1S/C11H12O3/c1-3-8-4-9(6-12)11(14-2)10(5-8)7-13/h4-7H,3H2,1-2H3. The molecule has 0 saturated carbocycles. The molecule has 1 aromatic carbocycles. The molecule has 3 nitrogen and oxygen atoms in total. The van der Waals surface area contributed by atoms with Gasteiger partial charge in [-0.2, -0.15) is 0 Å². The Labute approximate surface area is 82.7 Å². The number of rotatable bonds is 4. The zero-order valence-corrected chi connectivity index (χ0v) is 8.24. The van der Waals surface area contributed by atoms with Crippen LogP contribution in [0, 0.1) is 0 Å². The number of ether oxygens (including phenoxy) is 1. The summed E-state index contributed by atoms with van der Waals surface area (Å²) in [6, 6.07) is 3.47. The third-order valence-electron chi connectivity index (χ3n) is 2.07. The zero-order valence-electron chi connectivity index (χ0n) is 8.24. The van der Waals surface area contributed by atoms with Crippen LogP contribution in [-0.2, 0) is 6.42 Å². The molecule has 0 aliphatic carbocycles. The van der Waals surface area contributed by atoms with Crippen LogP contribution in [0.4, 0.5) is 0 Å². The maximum atomic E-state index is 10.7. The molecule has 0 aliphatic heterocycles. The van der Waals surface area contributed by atoms with Gasteiger partial charge in [0.15, 0.2) is 12.6 Å². The first-order chi connectivity index (χ1) is 6.76. The van der Waals surface area contributed by atoms with E-state index in [0.717, 1.165) is 12.0 Å². The molecule has 0 amide bonds. The van der Waals surface area contributed by atoms with Crippen LogP contribution in [-0.4, -0.2) is 19.7 Å². The Kier molecular flexibility index (Phi) is 3.40. The van der Waals surface area contributed by atoms with Crippen LogP contribution in [0.1, 0.15) is 33.2 Å². The van der Waals surface area contributed by atoms with Gasteiger partial charge in [0.1, 0.15) is 5.75 Å². The summed E-state index contributed by atoms with van der Waals surface area (Å²) in [7, 11) is 1.45. The number of methoxy groups -OCH3 is 1. The lowest BCUT2D eigenvalue weighted by atomic mass is 10.0. The van der Waals surface area contributed by atoms with Gasteiger partial charge in [-0.25, -0.2) is 0 Å². The van der Waals surface area contributed by atoms with Gasteiger partial charge in [-0.05, 0) is 24.1 Å². The number of carbonyl (C=O) groups is 2. The molecule has 0 radical (unpaired) electrons. The van der Waals surface area contributed by atoms with Crippen molar-refractivity contribution in [1.29, 1.82) is 0 Å². The SMILES string of the molecule is CCc1cc(C=O)c(OC)c(C=O)c1. The van der Waals surface area contributed by atoms with Crippen molar-refractivity contribution < 1.29 is 14.3 Å². The molecule has 0 unspecified atom stereocenters. The van der Waals surface area contributed by atoms with Crippen LogP contribution < -0.4 is 4.74 Å². The molecule has 3 heteroatoms. The minimum Gasteiger partial charge on any atom is -0.495 e. The average molecular weight is 192 g/mol. The number of hydrogen-bond donors (Lipinski definition) is 0. The summed E-state index contributed by atoms with van der Waals surface area (Å²) in [5.41, 5.74) is 1.80. The van der Waals surface area contributed by atoms with Crippen LogP contribution in [0.5, 0.6) is 5.75 Å². The summed E-state index contributed by atoms with van der Waals surface area (Å²) in [5.74, 6) is 0.354. The van der Waals surface area contributed by atoms with E-state index in [-0.39, 0.29) is 0 Å². The Hall–Kier alpha value is -1.64. The summed E-state index contributed by atoms with van der Waals surface area (Å²) >= 11 is 0. The fourth-order valence-electron chi connectivity index (χ4n) is 1.35. The van der Waals surface area contributed by atoms with Gasteiger partial charge in [0, 0.05) is 0 Å². The van der Waals surface area contributed by atoms with E-state index in [9.17, 15) is 9.59 Å². The van der Waals surface area contributed by atoms with Gasteiger partial charge in [0.2, 0.25) is 0 Å². The van der Waals surface area contributed by atoms with E-state index in [1.807, 2.05) is 6.92 Å². The second-order valence-corrected chi connectivity index (χ2v) is 2.90. The van der Waals surface area contributed by atoms with Crippen LogP contribution in [0.3, 0.4) is 0 Å². The maximum absolute atomic E-state index is 10.7. The topological polar surface area (TPSA) is 43.4 Å². The summed E-state index contributed by atoms with van der Waals surface area (Å²) in [4.78, 5) is 21.5. The Bertz CT molecular complexity index is 327. The van der Waals surface area contributed by atoms with Gasteiger partial charge < -0.3 is 4.74 Å². The average Bonchev–Trinajstić information content (AvgIpc) is 2.26. The number of aldehydes is 2. The van der Waals surface area contributed by atoms with Crippen LogP contribution in [0.2, 0.25) is 0 Å². The Balaban J connectivity index is 3.38. The summed E-state index contributed by atoms with van der Waals surface area (Å²) < 4.78 is 5.00. The van der Waals surface area contributed by atoms with E-state index in [0.29, 0.717) is 29.4 Å². The molecule has 0 saturated heterocycles. The van der Waals surface area contributed by atoms with E-state index in [2.05, 4.69) is 0 Å². The Morgan fingerprint density at radius 1 is 1.21 bits per heavy atom. The molecule has 0 heterocycles. The lowest BCUT2D eigenvalue weighted by Crippen LogP contribution is -1.98. The molecular formula is C11H12O3. The van der Waals surface area contributed by atoms with E-state index in [1.165, 1.54) is 7.11 Å². The molecular weight excluding hydrogens is 180 g/mol. The quantitative estimate of drug-likeness (QED) is 0.684. The maximum Gasteiger partial charge on any atom is 0.153 e. The summed E-state index contributed by atoms with van der Waals surface area (Å²) in [6.07, 6.45) is 2.18. The number of aryl methyl sites for hydroxylation is 1. The van der Waals surface area contributed by atoms with E-state index in [4.69, 9.17) is 4.74 Å². The van der Waals surface area contributed by atoms with Crippen molar-refractivity contribution in [2.75, 3.05) is 7.11 Å². The molecule has 74 valence electrons. The first-order valence-corrected chi connectivity index (χ1v) is 4.38. The van der Waals surface area contributed by atoms with Crippen LogP contribution in [0.25, 0.3) is 0 Å². The van der Waals surface area contributed by atoms with Crippen molar-refractivity contribution in [3.8, 4) is 5.75 Å². The number of carbonyl (C=O) groups excluding carboxylic acids is 2. The zero-order chi connectivity index (χ0) is 10.6. The second-order valence-electron chi connectivity index (χ2n) is 2.90. The molecule has 0 aliphatic rings. The molecule has 14 heavy (non-hydrogen) atoms. The molecule has 0 atom stereocenters. The molecule has 1 rings (SSSR count). The van der Waals surface area contributed by atoms with Crippen molar-refractivity contribution in [2.45, 2.75) is 13.3 Å². The lowest BCUT2D eigenvalue weighted by molar-refractivity contribution is 0.111. The highest BCUT2D eigenvalue weighted by Crippen LogP contribution is 2.23. The fourth-order valence-corrected chi connectivity index (χ4v) is 1.35. The van der Waals surface area contributed by atoms with Crippen molar-refractivity contribution in [1.82, 2.24) is 0 Å². The lowest BCUT2D eigenvalue weighted by Gasteiger charge is -2.08. The van der Waals surface area contributed by atoms with Crippen molar-refractivity contribution in [2.24, 2.45) is 0 Å². The summed E-state index contributed by atoms with van der Waals surface area (Å²) in [5, 5.41) is 0. The molecule has 0 fully saturated rings. The first kappa shape index (κ1) is 10.4. The molecule has 0 N–H and O–H groups in total. The largest absolute Gasteiger partial charge is 0.495 e. The minimum atomic E-state index is 0.354. The van der Waals surface area contributed by atoms with Gasteiger partial charge in [-0.3, -0.25) is 9.59 Å². The minimum absolute atomic E-state index is 0.354. The Morgan fingerprint density at radius 2 is 1.71 bits per heavy atom. The predicted molar refractivity (Wildman–Crippen MR) is 53.1 cm³/mol. The number of hydrogen-bond acceptors (Lipinski definition) is 3. The highest BCUT2D eigenvalue weighted by Gasteiger charge is 2.09. The van der Waals surface area contributed by atoms with Gasteiger partial charge in [-0.15, -0.1) is 0 Å². The van der Waals surface area contributed by atoms with Gasteiger partial charge in [0.25, 0.3) is 0 Å². The van der Waals surface area contributed by atoms with E-state index < -0.39 is 0 Å². The highest BCUT2D eigenvalue weighted by atomic mass is 16.5. The highest BCUT2D eigenvalue weighted by molar-refractivity contribution is 5.89. The van der Waals surface area contributed by atoms with Crippen molar-refractivity contribution >= 4 is 12.6 Å². The molecule has 0 aromatic heterocycles. The molecule has 0 spiro atoms. The van der Waals surface area contributed by atoms with Crippen molar-refractivity contribution in [3.05, 3.63) is 28.8 Å². The Morgan fingerprint density at radius 3 is 2.00 bits per heavy atom. The number of benzene rings is 1. The van der Waals surface area contributed by atoms with Gasteiger partial charge >= 0.3 is 0 Å². The second kappa shape index (κ2) is 4.56. The predicted octanol–water partition coefficient (Wildman–Crippen LogP) is 1.88. The third-order valence-corrected chi connectivity index (χ3v) is 2.07. The first-order valence-electron chi connectivity index (χ1n) is 4.38. The third kappa shape index (κ3) is 1.82. The summed E-state index contributed by atoms with van der Waals surface area (Å²) in [6.45, 7) is 1.96. The van der Waals surface area contributed by atoms with Crippen molar-refractivity contribution in [3.63, 3.8) is 0 Å². The molecule has 0 bridgehead atoms.